The van der Waals surface area contributed by atoms with Gasteiger partial charge in [-0.05, 0) is 50.2 Å². The van der Waals surface area contributed by atoms with E-state index in [1.54, 1.807) is 0 Å². The Labute approximate surface area is 117 Å². The first kappa shape index (κ1) is 13.3. The lowest BCUT2D eigenvalue weighted by molar-refractivity contribution is 0.140. The van der Waals surface area contributed by atoms with Gasteiger partial charge in [0.25, 0.3) is 0 Å². The standard InChI is InChI=1S/C16H29NS/c1-18-16(9-4-10-16)12-17-15-8-7-13-5-2-3-6-14(13)11-15/h13-15,17H,2-12H2,1H3. The van der Waals surface area contributed by atoms with Crippen LogP contribution in [0.4, 0.5) is 0 Å². The summed E-state index contributed by atoms with van der Waals surface area (Å²) in [5, 5.41) is 3.93. The molecule has 0 spiro atoms. The van der Waals surface area contributed by atoms with Gasteiger partial charge in [-0.15, -0.1) is 0 Å². The summed E-state index contributed by atoms with van der Waals surface area (Å²) in [4.78, 5) is 0. The molecule has 3 unspecified atom stereocenters. The summed E-state index contributed by atoms with van der Waals surface area (Å²) >= 11 is 2.11. The zero-order valence-electron chi connectivity index (χ0n) is 11.9. The highest BCUT2D eigenvalue weighted by Gasteiger charge is 2.37. The van der Waals surface area contributed by atoms with E-state index in [4.69, 9.17) is 0 Å². The van der Waals surface area contributed by atoms with Gasteiger partial charge in [0.15, 0.2) is 0 Å². The van der Waals surface area contributed by atoms with Crippen LogP contribution in [0.3, 0.4) is 0 Å². The van der Waals surface area contributed by atoms with Gasteiger partial charge in [-0.1, -0.05) is 32.1 Å². The molecule has 1 nitrogen and oxygen atoms in total. The second-order valence-electron chi connectivity index (χ2n) is 6.94. The molecule has 0 saturated heterocycles. The van der Waals surface area contributed by atoms with E-state index in [-0.39, 0.29) is 0 Å². The normalized spacial score (nSPS) is 38.8. The third-order valence-electron chi connectivity index (χ3n) is 5.95. The molecule has 3 aliphatic carbocycles. The number of nitrogens with one attached hydrogen (secondary N) is 1. The predicted molar refractivity (Wildman–Crippen MR) is 81.2 cm³/mol. The van der Waals surface area contributed by atoms with E-state index in [0.717, 1.165) is 17.9 Å². The third-order valence-corrected chi connectivity index (χ3v) is 7.37. The van der Waals surface area contributed by atoms with Crippen molar-refractivity contribution in [2.75, 3.05) is 12.8 Å². The van der Waals surface area contributed by atoms with Crippen molar-refractivity contribution in [3.63, 3.8) is 0 Å². The molecule has 0 aliphatic heterocycles. The van der Waals surface area contributed by atoms with Crippen LogP contribution in [0.5, 0.6) is 0 Å². The molecule has 104 valence electrons. The van der Waals surface area contributed by atoms with E-state index in [1.165, 1.54) is 70.8 Å². The van der Waals surface area contributed by atoms with Crippen LogP contribution >= 0.6 is 11.8 Å². The van der Waals surface area contributed by atoms with Crippen molar-refractivity contribution in [1.82, 2.24) is 5.32 Å². The van der Waals surface area contributed by atoms with Crippen LogP contribution < -0.4 is 5.32 Å². The Hall–Kier alpha value is 0.310. The second-order valence-corrected chi connectivity index (χ2v) is 8.21. The lowest BCUT2D eigenvalue weighted by Crippen LogP contribution is -2.48. The van der Waals surface area contributed by atoms with Crippen molar-refractivity contribution in [2.24, 2.45) is 11.8 Å². The molecular weight excluding hydrogens is 238 g/mol. The SMILES string of the molecule is CSC1(CNC2CCC3CCCCC3C2)CCC1. The molecule has 0 aromatic carbocycles. The summed E-state index contributed by atoms with van der Waals surface area (Å²) in [7, 11) is 0. The Bertz CT molecular complexity index is 269. The molecule has 0 aromatic rings. The molecule has 0 amide bonds. The minimum absolute atomic E-state index is 0.614. The molecule has 0 bridgehead atoms. The van der Waals surface area contributed by atoms with E-state index in [0.29, 0.717) is 4.75 Å². The maximum Gasteiger partial charge on any atom is 0.0281 e. The van der Waals surface area contributed by atoms with Crippen molar-refractivity contribution >= 4 is 11.8 Å². The number of thioether (sulfide) groups is 1. The molecule has 3 atom stereocenters. The summed E-state index contributed by atoms with van der Waals surface area (Å²) in [6, 6.07) is 0.842. The largest absolute Gasteiger partial charge is 0.313 e. The van der Waals surface area contributed by atoms with Crippen molar-refractivity contribution in [3.8, 4) is 0 Å². The smallest absolute Gasteiger partial charge is 0.0281 e. The zero-order chi connectivity index (χ0) is 12.4. The second kappa shape index (κ2) is 5.75. The van der Waals surface area contributed by atoms with Crippen molar-refractivity contribution in [3.05, 3.63) is 0 Å². The van der Waals surface area contributed by atoms with Crippen molar-refractivity contribution in [1.29, 1.82) is 0 Å². The molecule has 0 aromatic heterocycles. The Morgan fingerprint density at radius 1 is 1.00 bits per heavy atom. The molecule has 18 heavy (non-hydrogen) atoms. The maximum absolute atomic E-state index is 3.93. The number of rotatable bonds is 4. The van der Waals surface area contributed by atoms with Crippen LogP contribution in [0, 0.1) is 11.8 Å². The monoisotopic (exact) mass is 267 g/mol. The fraction of sp³-hybridized carbons (Fsp3) is 1.00. The van der Waals surface area contributed by atoms with Gasteiger partial charge in [-0.3, -0.25) is 0 Å². The molecule has 3 saturated carbocycles. The summed E-state index contributed by atoms with van der Waals surface area (Å²) in [5.74, 6) is 2.16. The average Bonchev–Trinajstić information content (AvgIpc) is 2.38. The Morgan fingerprint density at radius 2 is 1.78 bits per heavy atom. The first-order valence-corrected chi connectivity index (χ1v) is 9.32. The van der Waals surface area contributed by atoms with Gasteiger partial charge in [-0.25, -0.2) is 0 Å². The van der Waals surface area contributed by atoms with E-state index in [9.17, 15) is 0 Å². The van der Waals surface area contributed by atoms with Crippen LogP contribution in [0.15, 0.2) is 0 Å². The Balaban J connectivity index is 1.46. The summed E-state index contributed by atoms with van der Waals surface area (Å²) < 4.78 is 0.614. The predicted octanol–water partition coefficient (Wildman–Crippen LogP) is 4.22. The van der Waals surface area contributed by atoms with Crippen LogP contribution in [0.1, 0.15) is 64.2 Å². The molecule has 1 N–H and O–H groups in total. The molecule has 3 aliphatic rings. The van der Waals surface area contributed by atoms with Gasteiger partial charge in [0.1, 0.15) is 0 Å². The first-order valence-electron chi connectivity index (χ1n) is 8.10. The average molecular weight is 267 g/mol. The molecular formula is C16H29NS. The van der Waals surface area contributed by atoms with Crippen LogP contribution in [-0.2, 0) is 0 Å². The Kier molecular flexibility index (Phi) is 4.25. The summed E-state index contributed by atoms with van der Waals surface area (Å²) in [5.41, 5.74) is 0. The van der Waals surface area contributed by atoms with Gasteiger partial charge >= 0.3 is 0 Å². The van der Waals surface area contributed by atoms with Gasteiger partial charge < -0.3 is 5.32 Å². The van der Waals surface area contributed by atoms with E-state index >= 15 is 0 Å². The summed E-state index contributed by atoms with van der Waals surface area (Å²) in [6.07, 6.45) is 17.2. The Morgan fingerprint density at radius 3 is 2.44 bits per heavy atom. The summed E-state index contributed by atoms with van der Waals surface area (Å²) in [6.45, 7) is 1.27. The van der Waals surface area contributed by atoms with Gasteiger partial charge in [0.05, 0.1) is 0 Å². The van der Waals surface area contributed by atoms with Crippen molar-refractivity contribution < 1.29 is 0 Å². The third kappa shape index (κ3) is 2.75. The molecule has 3 rings (SSSR count). The fourth-order valence-corrected chi connectivity index (χ4v) is 5.34. The molecule has 0 heterocycles. The zero-order valence-corrected chi connectivity index (χ0v) is 12.7. The lowest BCUT2D eigenvalue weighted by Gasteiger charge is -2.44. The van der Waals surface area contributed by atoms with Crippen molar-refractivity contribution in [2.45, 2.75) is 75.0 Å². The maximum atomic E-state index is 3.93. The minimum Gasteiger partial charge on any atom is -0.313 e. The van der Waals surface area contributed by atoms with E-state index in [2.05, 4.69) is 23.3 Å². The number of hydrogen-bond acceptors (Lipinski definition) is 2. The quantitative estimate of drug-likeness (QED) is 0.818. The van der Waals surface area contributed by atoms with Crippen LogP contribution in [0.25, 0.3) is 0 Å². The van der Waals surface area contributed by atoms with Crippen LogP contribution in [0.2, 0.25) is 0 Å². The van der Waals surface area contributed by atoms with E-state index < -0.39 is 0 Å². The lowest BCUT2D eigenvalue weighted by atomic mass is 9.69. The van der Waals surface area contributed by atoms with Crippen LogP contribution in [-0.4, -0.2) is 23.6 Å². The fourth-order valence-electron chi connectivity index (χ4n) is 4.41. The first-order chi connectivity index (χ1) is 8.81. The highest BCUT2D eigenvalue weighted by molar-refractivity contribution is 8.00. The number of hydrogen-bond donors (Lipinski definition) is 1. The van der Waals surface area contributed by atoms with Gasteiger partial charge in [0, 0.05) is 17.3 Å². The molecule has 3 fully saturated rings. The van der Waals surface area contributed by atoms with Gasteiger partial charge in [-0.2, -0.15) is 11.8 Å². The number of fused-ring (bicyclic) bond motifs is 1. The van der Waals surface area contributed by atoms with Gasteiger partial charge in [0.2, 0.25) is 0 Å². The molecule has 0 radical (unpaired) electrons. The minimum atomic E-state index is 0.614. The van der Waals surface area contributed by atoms with E-state index in [1.807, 2.05) is 0 Å². The topological polar surface area (TPSA) is 12.0 Å². The highest BCUT2D eigenvalue weighted by Crippen LogP contribution is 2.43. The highest BCUT2D eigenvalue weighted by atomic mass is 32.2. The molecule has 2 heteroatoms.